The maximum atomic E-state index is 10.8. The van der Waals surface area contributed by atoms with Gasteiger partial charge >= 0.3 is 37.7 Å². The van der Waals surface area contributed by atoms with Crippen LogP contribution in [0.1, 0.15) is 46.5 Å². The number of aliphatic carboxylic acids is 2. The Bertz CT molecular complexity index is 227. The second-order valence-corrected chi connectivity index (χ2v) is 4.52. The SMILES string of the molecule is CCCCCC(C(C)C)C(C(=O)[O-])C(=O)[O-].[Ca+2]. The zero-order valence-corrected chi connectivity index (χ0v) is 13.1. The minimum atomic E-state index is -1.53. The molecule has 0 aromatic carbocycles. The van der Waals surface area contributed by atoms with Crippen molar-refractivity contribution >= 4 is 49.7 Å². The van der Waals surface area contributed by atoms with Crippen LogP contribution in [0, 0.1) is 17.8 Å². The van der Waals surface area contributed by atoms with E-state index >= 15 is 0 Å². The first kappa shape index (κ1) is 19.5. The van der Waals surface area contributed by atoms with E-state index in [1.54, 1.807) is 0 Å². The fourth-order valence-corrected chi connectivity index (χ4v) is 1.96. The number of rotatable bonds is 8. The molecule has 94 valence electrons. The number of carbonyl (C=O) groups is 2. The maximum absolute atomic E-state index is 10.8. The normalized spacial score (nSPS) is 12.3. The molecule has 0 aliphatic heterocycles. The Morgan fingerprint density at radius 1 is 1.06 bits per heavy atom. The summed E-state index contributed by atoms with van der Waals surface area (Å²) in [6, 6.07) is 0. The molecule has 0 rings (SSSR count). The molecule has 0 aromatic heterocycles. The van der Waals surface area contributed by atoms with Crippen molar-refractivity contribution < 1.29 is 19.8 Å². The standard InChI is InChI=1S/C12H22O4.Ca/c1-4-5-6-7-9(8(2)3)10(11(13)14)12(15)16;/h8-10H,4-7H2,1-3H3,(H,13,14)(H,15,16);/q;+2/p-2. The second-order valence-electron chi connectivity index (χ2n) is 4.52. The van der Waals surface area contributed by atoms with Crippen LogP contribution in [0.3, 0.4) is 0 Å². The van der Waals surface area contributed by atoms with E-state index in [0.717, 1.165) is 19.3 Å². The Morgan fingerprint density at radius 3 is 1.82 bits per heavy atom. The van der Waals surface area contributed by atoms with Crippen molar-refractivity contribution in [3.8, 4) is 0 Å². The van der Waals surface area contributed by atoms with Crippen molar-refractivity contribution in [3.63, 3.8) is 0 Å². The molecular weight excluding hydrogens is 248 g/mol. The van der Waals surface area contributed by atoms with Gasteiger partial charge in [0.2, 0.25) is 0 Å². The van der Waals surface area contributed by atoms with Crippen LogP contribution in [-0.2, 0) is 9.59 Å². The molecule has 0 aliphatic rings. The summed E-state index contributed by atoms with van der Waals surface area (Å²) in [6.07, 6.45) is 3.44. The summed E-state index contributed by atoms with van der Waals surface area (Å²) in [5.74, 6) is -4.96. The molecule has 4 nitrogen and oxygen atoms in total. The Balaban J connectivity index is 0. The van der Waals surface area contributed by atoms with Gasteiger partial charge in [-0.3, -0.25) is 0 Å². The second kappa shape index (κ2) is 10.2. The van der Waals surface area contributed by atoms with Gasteiger partial charge in [0, 0.05) is 5.92 Å². The number of hydrogen-bond donors (Lipinski definition) is 0. The van der Waals surface area contributed by atoms with E-state index in [9.17, 15) is 19.8 Å². The van der Waals surface area contributed by atoms with Crippen LogP contribution in [0.5, 0.6) is 0 Å². The van der Waals surface area contributed by atoms with Crippen LogP contribution in [0.15, 0.2) is 0 Å². The summed E-state index contributed by atoms with van der Waals surface area (Å²) < 4.78 is 0. The van der Waals surface area contributed by atoms with Gasteiger partial charge in [0.05, 0.1) is 11.9 Å². The molecule has 0 N–H and O–H groups in total. The molecule has 0 amide bonds. The van der Waals surface area contributed by atoms with Crippen molar-refractivity contribution in [1.29, 1.82) is 0 Å². The molecule has 0 fully saturated rings. The zero-order chi connectivity index (χ0) is 12.7. The van der Waals surface area contributed by atoms with E-state index in [-0.39, 0.29) is 43.7 Å². The molecule has 0 aliphatic carbocycles. The van der Waals surface area contributed by atoms with Crippen LogP contribution in [0.25, 0.3) is 0 Å². The molecule has 0 spiro atoms. The van der Waals surface area contributed by atoms with Gasteiger partial charge in [0.15, 0.2) is 0 Å². The van der Waals surface area contributed by atoms with Gasteiger partial charge in [-0.05, 0) is 18.3 Å². The Hall–Kier alpha value is 0.200. The van der Waals surface area contributed by atoms with Crippen LogP contribution in [0.2, 0.25) is 0 Å². The first-order valence-electron chi connectivity index (χ1n) is 5.83. The molecule has 0 saturated carbocycles. The minimum absolute atomic E-state index is 0. The van der Waals surface area contributed by atoms with Crippen molar-refractivity contribution in [2.75, 3.05) is 0 Å². The fraction of sp³-hybridized carbons (Fsp3) is 0.833. The Morgan fingerprint density at radius 2 is 1.53 bits per heavy atom. The van der Waals surface area contributed by atoms with E-state index in [4.69, 9.17) is 0 Å². The number of carboxylic acids is 2. The summed E-state index contributed by atoms with van der Waals surface area (Å²) in [7, 11) is 0. The van der Waals surface area contributed by atoms with Crippen LogP contribution in [0.4, 0.5) is 0 Å². The molecule has 0 saturated heterocycles. The molecule has 0 bridgehead atoms. The van der Waals surface area contributed by atoms with Gasteiger partial charge in [-0.2, -0.15) is 0 Å². The summed E-state index contributed by atoms with van der Waals surface area (Å²) in [4.78, 5) is 21.6. The van der Waals surface area contributed by atoms with Gasteiger partial charge in [-0.1, -0.05) is 40.0 Å². The van der Waals surface area contributed by atoms with E-state index in [0.29, 0.717) is 6.42 Å². The summed E-state index contributed by atoms with van der Waals surface area (Å²) in [5.41, 5.74) is 0. The predicted molar refractivity (Wildman–Crippen MR) is 61.7 cm³/mol. The summed E-state index contributed by atoms with van der Waals surface area (Å²) in [5, 5.41) is 21.6. The van der Waals surface area contributed by atoms with Crippen molar-refractivity contribution in [2.45, 2.75) is 46.5 Å². The van der Waals surface area contributed by atoms with E-state index in [1.807, 2.05) is 20.8 Å². The molecular formula is C12H20CaO4. The molecule has 0 heterocycles. The fourth-order valence-electron chi connectivity index (χ4n) is 1.96. The first-order chi connectivity index (χ1) is 7.41. The minimum Gasteiger partial charge on any atom is -0.549 e. The van der Waals surface area contributed by atoms with Gasteiger partial charge in [-0.25, -0.2) is 0 Å². The molecule has 1 unspecified atom stereocenters. The molecule has 0 radical (unpaired) electrons. The van der Waals surface area contributed by atoms with Gasteiger partial charge < -0.3 is 19.8 Å². The largest absolute Gasteiger partial charge is 2.00 e. The first-order valence-corrected chi connectivity index (χ1v) is 5.83. The third-order valence-electron chi connectivity index (χ3n) is 2.93. The van der Waals surface area contributed by atoms with E-state index < -0.39 is 23.8 Å². The summed E-state index contributed by atoms with van der Waals surface area (Å²) >= 11 is 0. The third kappa shape index (κ3) is 7.27. The third-order valence-corrected chi connectivity index (χ3v) is 2.93. The quantitative estimate of drug-likeness (QED) is 0.340. The van der Waals surface area contributed by atoms with Crippen LogP contribution < -0.4 is 10.2 Å². The van der Waals surface area contributed by atoms with Gasteiger partial charge in [0.25, 0.3) is 0 Å². The Kier molecular flexibility index (Phi) is 11.7. The predicted octanol–water partition coefficient (Wildman–Crippen LogP) is -0.426. The van der Waals surface area contributed by atoms with E-state index in [1.165, 1.54) is 0 Å². The average Bonchev–Trinajstić information content (AvgIpc) is 2.14. The monoisotopic (exact) mass is 268 g/mol. The summed E-state index contributed by atoms with van der Waals surface area (Å²) in [6.45, 7) is 5.70. The van der Waals surface area contributed by atoms with Crippen molar-refractivity contribution in [1.82, 2.24) is 0 Å². The Labute approximate surface area is 133 Å². The van der Waals surface area contributed by atoms with Crippen molar-refractivity contribution in [2.24, 2.45) is 17.8 Å². The molecule has 5 heteroatoms. The van der Waals surface area contributed by atoms with Crippen LogP contribution in [-0.4, -0.2) is 49.7 Å². The smallest absolute Gasteiger partial charge is 0.549 e. The van der Waals surface area contributed by atoms with Crippen LogP contribution >= 0.6 is 0 Å². The number of unbranched alkanes of at least 4 members (excludes halogenated alkanes) is 2. The molecule has 17 heavy (non-hydrogen) atoms. The van der Waals surface area contributed by atoms with Crippen molar-refractivity contribution in [3.05, 3.63) is 0 Å². The van der Waals surface area contributed by atoms with Gasteiger partial charge in [0.1, 0.15) is 0 Å². The number of carboxylic acid groups (broad SMARTS) is 2. The molecule has 0 aromatic rings. The van der Waals surface area contributed by atoms with E-state index in [2.05, 4.69) is 0 Å². The topological polar surface area (TPSA) is 80.3 Å². The average molecular weight is 268 g/mol. The van der Waals surface area contributed by atoms with Gasteiger partial charge in [-0.15, -0.1) is 0 Å². The number of carbonyl (C=O) groups excluding carboxylic acids is 2. The maximum Gasteiger partial charge on any atom is 2.00 e. The zero-order valence-electron chi connectivity index (χ0n) is 10.9. The molecule has 1 atom stereocenters. The number of hydrogen-bond acceptors (Lipinski definition) is 4.